The van der Waals surface area contributed by atoms with E-state index in [2.05, 4.69) is 11.9 Å². The van der Waals surface area contributed by atoms with Gasteiger partial charge in [0.25, 0.3) is 0 Å². The maximum absolute atomic E-state index is 12.9. The third-order valence-electron chi connectivity index (χ3n) is 1.99. The van der Waals surface area contributed by atoms with Gasteiger partial charge in [-0.15, -0.1) is 18.3 Å². The summed E-state index contributed by atoms with van der Waals surface area (Å²) in [4.78, 5) is 12.0. The molecule has 0 aliphatic heterocycles. The number of carbonyl (C=O) groups excluding carboxylic acids is 1. The zero-order valence-electron chi connectivity index (χ0n) is 9.37. The Kier molecular flexibility index (Phi) is 5.15. The van der Waals surface area contributed by atoms with E-state index in [4.69, 9.17) is 0 Å². The summed E-state index contributed by atoms with van der Waals surface area (Å²) in [6.07, 6.45) is 1.58. The first kappa shape index (κ1) is 13.7. The predicted octanol–water partition coefficient (Wildman–Crippen LogP) is 2.75. The van der Waals surface area contributed by atoms with Crippen LogP contribution in [0.15, 0.2) is 35.7 Å². The number of nitrogens with one attached hydrogen (secondary N) is 1. The van der Waals surface area contributed by atoms with E-state index in [1.54, 1.807) is 13.0 Å². The van der Waals surface area contributed by atoms with E-state index < -0.39 is 11.6 Å². The van der Waals surface area contributed by atoms with Crippen LogP contribution in [0.25, 0.3) is 0 Å². The number of thioether (sulfide) groups is 1. The minimum Gasteiger partial charge on any atom is -0.352 e. The molecule has 0 fully saturated rings. The molecule has 0 saturated heterocycles. The van der Waals surface area contributed by atoms with E-state index >= 15 is 0 Å². The highest BCUT2D eigenvalue weighted by Crippen LogP contribution is 2.24. The van der Waals surface area contributed by atoms with Crippen molar-refractivity contribution in [1.29, 1.82) is 0 Å². The summed E-state index contributed by atoms with van der Waals surface area (Å²) in [6, 6.07) is 3.57. The van der Waals surface area contributed by atoms with Crippen LogP contribution in [0.5, 0.6) is 0 Å². The standard InChI is InChI=1S/C12H13F2NOS/c1-3-6-15-12(16)8(2)17-9-4-5-10(13)11(14)7-9/h3-5,7-8H,1,6H2,2H3,(H,15,16). The lowest BCUT2D eigenvalue weighted by atomic mass is 10.3. The van der Waals surface area contributed by atoms with Gasteiger partial charge in [0, 0.05) is 11.4 Å². The normalized spacial score (nSPS) is 11.9. The van der Waals surface area contributed by atoms with Crippen molar-refractivity contribution in [2.75, 3.05) is 6.54 Å². The number of amides is 1. The van der Waals surface area contributed by atoms with Crippen molar-refractivity contribution in [1.82, 2.24) is 5.32 Å². The van der Waals surface area contributed by atoms with Gasteiger partial charge in [-0.1, -0.05) is 6.08 Å². The summed E-state index contributed by atoms with van der Waals surface area (Å²) < 4.78 is 25.6. The summed E-state index contributed by atoms with van der Waals surface area (Å²) in [6.45, 7) is 5.57. The molecular weight excluding hydrogens is 244 g/mol. The largest absolute Gasteiger partial charge is 0.352 e. The van der Waals surface area contributed by atoms with Crippen molar-refractivity contribution < 1.29 is 13.6 Å². The Labute approximate surface area is 103 Å². The molecule has 5 heteroatoms. The number of halogens is 2. The van der Waals surface area contributed by atoms with Gasteiger partial charge in [-0.25, -0.2) is 8.78 Å². The van der Waals surface area contributed by atoms with Crippen LogP contribution < -0.4 is 5.32 Å². The highest BCUT2D eigenvalue weighted by Gasteiger charge is 2.14. The smallest absolute Gasteiger partial charge is 0.233 e. The van der Waals surface area contributed by atoms with Crippen LogP contribution in [-0.4, -0.2) is 17.7 Å². The van der Waals surface area contributed by atoms with Gasteiger partial charge in [0.15, 0.2) is 11.6 Å². The van der Waals surface area contributed by atoms with Gasteiger partial charge < -0.3 is 5.32 Å². The van der Waals surface area contributed by atoms with Crippen molar-refractivity contribution in [2.45, 2.75) is 17.1 Å². The highest BCUT2D eigenvalue weighted by molar-refractivity contribution is 8.00. The molecule has 0 spiro atoms. The number of hydrogen-bond acceptors (Lipinski definition) is 2. The molecule has 0 heterocycles. The summed E-state index contributed by atoms with van der Waals surface area (Å²) in [5.41, 5.74) is 0. The lowest BCUT2D eigenvalue weighted by Crippen LogP contribution is -2.30. The van der Waals surface area contributed by atoms with Gasteiger partial charge in [0.05, 0.1) is 5.25 Å². The zero-order chi connectivity index (χ0) is 12.8. The monoisotopic (exact) mass is 257 g/mol. The van der Waals surface area contributed by atoms with Crippen molar-refractivity contribution in [3.63, 3.8) is 0 Å². The molecule has 0 radical (unpaired) electrons. The van der Waals surface area contributed by atoms with Crippen molar-refractivity contribution in [3.05, 3.63) is 42.5 Å². The van der Waals surface area contributed by atoms with E-state index in [9.17, 15) is 13.6 Å². The molecule has 0 saturated carbocycles. The summed E-state index contributed by atoms with van der Waals surface area (Å²) in [5, 5.41) is 2.26. The first-order chi connectivity index (χ1) is 8.04. The second kappa shape index (κ2) is 6.39. The Hall–Kier alpha value is -1.36. The predicted molar refractivity (Wildman–Crippen MR) is 64.9 cm³/mol. The molecule has 1 aromatic carbocycles. The fourth-order valence-corrected chi connectivity index (χ4v) is 2.04. The molecule has 0 aliphatic rings. The van der Waals surface area contributed by atoms with Gasteiger partial charge in [-0.2, -0.15) is 0 Å². The van der Waals surface area contributed by atoms with Gasteiger partial charge in [0.2, 0.25) is 5.91 Å². The van der Waals surface area contributed by atoms with Gasteiger partial charge >= 0.3 is 0 Å². The van der Waals surface area contributed by atoms with Crippen LogP contribution in [0.3, 0.4) is 0 Å². The molecule has 1 amide bonds. The fourth-order valence-electron chi connectivity index (χ4n) is 1.12. The van der Waals surface area contributed by atoms with E-state index in [1.165, 1.54) is 17.8 Å². The Bertz CT molecular complexity index is 423. The second-order valence-corrected chi connectivity index (χ2v) is 4.78. The summed E-state index contributed by atoms with van der Waals surface area (Å²) in [5.74, 6) is -1.97. The fraction of sp³-hybridized carbons (Fsp3) is 0.250. The molecule has 0 aliphatic carbocycles. The second-order valence-electron chi connectivity index (χ2n) is 3.37. The minimum absolute atomic E-state index is 0.167. The topological polar surface area (TPSA) is 29.1 Å². The molecule has 1 atom stereocenters. The molecule has 1 N–H and O–H groups in total. The van der Waals surface area contributed by atoms with Crippen LogP contribution >= 0.6 is 11.8 Å². The Morgan fingerprint density at radius 3 is 2.82 bits per heavy atom. The maximum atomic E-state index is 12.9. The van der Waals surface area contributed by atoms with Crippen molar-refractivity contribution in [2.24, 2.45) is 0 Å². The molecule has 0 bridgehead atoms. The average Bonchev–Trinajstić information content (AvgIpc) is 2.30. The lowest BCUT2D eigenvalue weighted by molar-refractivity contribution is -0.120. The van der Waals surface area contributed by atoms with Crippen LogP contribution in [0.4, 0.5) is 8.78 Å². The summed E-state index contributed by atoms with van der Waals surface area (Å²) in [7, 11) is 0. The molecule has 0 aromatic heterocycles. The van der Waals surface area contributed by atoms with Crippen LogP contribution in [0, 0.1) is 11.6 Å². The van der Waals surface area contributed by atoms with Gasteiger partial charge in [-0.3, -0.25) is 4.79 Å². The van der Waals surface area contributed by atoms with E-state index in [0.717, 1.165) is 12.1 Å². The minimum atomic E-state index is -0.909. The Balaban J connectivity index is 2.61. The van der Waals surface area contributed by atoms with Crippen LogP contribution in [0.2, 0.25) is 0 Å². The molecular formula is C12H13F2NOS. The third kappa shape index (κ3) is 4.19. The quantitative estimate of drug-likeness (QED) is 0.649. The molecule has 1 aromatic rings. The number of rotatable bonds is 5. The maximum Gasteiger partial charge on any atom is 0.233 e. The first-order valence-electron chi connectivity index (χ1n) is 5.05. The number of benzene rings is 1. The molecule has 1 rings (SSSR count). The first-order valence-corrected chi connectivity index (χ1v) is 5.93. The Morgan fingerprint density at radius 1 is 1.53 bits per heavy atom. The highest BCUT2D eigenvalue weighted by atomic mass is 32.2. The number of carbonyl (C=O) groups is 1. The third-order valence-corrected chi connectivity index (χ3v) is 3.09. The molecule has 17 heavy (non-hydrogen) atoms. The van der Waals surface area contributed by atoms with Crippen LogP contribution in [0.1, 0.15) is 6.92 Å². The summed E-state index contributed by atoms with van der Waals surface area (Å²) >= 11 is 1.17. The van der Waals surface area contributed by atoms with E-state index in [0.29, 0.717) is 11.4 Å². The van der Waals surface area contributed by atoms with Crippen molar-refractivity contribution >= 4 is 17.7 Å². The van der Waals surface area contributed by atoms with Gasteiger partial charge in [0.1, 0.15) is 0 Å². The van der Waals surface area contributed by atoms with Crippen LogP contribution in [-0.2, 0) is 4.79 Å². The Morgan fingerprint density at radius 2 is 2.24 bits per heavy atom. The molecule has 2 nitrogen and oxygen atoms in total. The SMILES string of the molecule is C=CCNC(=O)C(C)Sc1ccc(F)c(F)c1. The van der Waals surface area contributed by atoms with E-state index in [1.807, 2.05) is 0 Å². The van der Waals surface area contributed by atoms with Crippen molar-refractivity contribution in [3.8, 4) is 0 Å². The van der Waals surface area contributed by atoms with Gasteiger partial charge in [-0.05, 0) is 25.1 Å². The molecule has 92 valence electrons. The molecule has 1 unspecified atom stereocenters. The van der Waals surface area contributed by atoms with E-state index in [-0.39, 0.29) is 11.2 Å². The number of hydrogen-bond donors (Lipinski definition) is 1. The zero-order valence-corrected chi connectivity index (χ0v) is 10.2. The lowest BCUT2D eigenvalue weighted by Gasteiger charge is -2.10. The average molecular weight is 257 g/mol.